The summed E-state index contributed by atoms with van der Waals surface area (Å²) in [5.74, 6) is -2.58. The number of benzene rings is 6. The Morgan fingerprint density at radius 3 is 1.74 bits per heavy atom. The number of hydrogen-bond donors (Lipinski definition) is 1. The zero-order valence-corrected chi connectivity index (χ0v) is 44.9. The Morgan fingerprint density at radius 2 is 1.12 bits per heavy atom. The van der Waals surface area contributed by atoms with Crippen LogP contribution in [0.1, 0.15) is 104 Å². The van der Waals surface area contributed by atoms with Gasteiger partial charge in [0.2, 0.25) is 10.9 Å². The summed E-state index contributed by atoms with van der Waals surface area (Å²) in [6, 6.07) is 45.4. The second-order valence-electron chi connectivity index (χ2n) is 21.1. The summed E-state index contributed by atoms with van der Waals surface area (Å²) in [6.07, 6.45) is 9.50. The minimum absolute atomic E-state index is 0. The van der Waals surface area contributed by atoms with Crippen molar-refractivity contribution in [3.63, 3.8) is 0 Å². The molecule has 1 atom stereocenters. The monoisotopic (exact) mass is 1120 g/mol. The molecule has 0 fully saturated rings. The van der Waals surface area contributed by atoms with Gasteiger partial charge in [-0.3, -0.25) is 38.5 Å². The number of nitrogens with zero attached hydrogens (tertiary/aromatic N) is 6. The van der Waals surface area contributed by atoms with E-state index in [1.54, 1.807) is 50.9 Å². The van der Waals surface area contributed by atoms with Crippen LogP contribution in [-0.2, 0) is 43.4 Å². The molecule has 4 heterocycles. The normalized spacial score (nSPS) is 19.5. The van der Waals surface area contributed by atoms with Gasteiger partial charge in [0, 0.05) is 41.6 Å². The molecule has 1 unspecified atom stereocenters. The van der Waals surface area contributed by atoms with Crippen LogP contribution in [0.3, 0.4) is 0 Å². The van der Waals surface area contributed by atoms with Crippen LogP contribution < -0.4 is 25.6 Å². The minimum Gasteiger partial charge on any atom is -0.502 e. The molecule has 2 amide bonds. The van der Waals surface area contributed by atoms with E-state index in [0.29, 0.717) is 12.2 Å². The Kier molecular flexibility index (Phi) is 13.5. The number of aromatic nitrogens is 2. The van der Waals surface area contributed by atoms with Crippen molar-refractivity contribution in [1.82, 2.24) is 19.2 Å². The number of aromatic hydroxyl groups is 1. The summed E-state index contributed by atoms with van der Waals surface area (Å²) >= 11 is 12.2. The van der Waals surface area contributed by atoms with E-state index in [1.807, 2.05) is 55.5 Å². The molecule has 0 spiro atoms. The molecule has 2 aromatic heterocycles. The van der Waals surface area contributed by atoms with Crippen LogP contribution in [0.5, 0.6) is 11.5 Å². The van der Waals surface area contributed by atoms with Gasteiger partial charge in [0.15, 0.2) is 22.9 Å². The van der Waals surface area contributed by atoms with Gasteiger partial charge in [-0.2, -0.15) is 0 Å². The van der Waals surface area contributed by atoms with Crippen LogP contribution in [0, 0.1) is 17.6 Å². The van der Waals surface area contributed by atoms with E-state index in [1.165, 1.54) is 51.4 Å². The standard InChI is InChI=1S/C34H29ClFN3O3.C30H23ClFN3O3.CH4/c1-2-3-17-42-32-29(40)15-16-38-31(32)33(41)37(20-24-11-8-14-28(35)30(24)36)21-39(38)34-25(18-22-9-4-6-12-26(22)34)19-23-10-5-7-13-27(23)34;31-24-11-5-8-20(26(24)32)16-33-17-35(34-13-12-25(36)28(37)27(34)29(33)38)30-21(14-18-6-1-3-9-22(18)30)15-19-7-2-4-10-23(19)30;/h4-16,18H,2-3,17,19-21H2,1H3;1-13,21,37H,14-17H2;1H4. The van der Waals surface area contributed by atoms with Crippen molar-refractivity contribution in [3.05, 3.63) is 273 Å². The number of halogens is 4. The van der Waals surface area contributed by atoms with E-state index < -0.39 is 45.7 Å². The fourth-order valence-electron chi connectivity index (χ4n) is 13.4. The highest BCUT2D eigenvalue weighted by Crippen LogP contribution is 2.58. The van der Waals surface area contributed by atoms with Crippen LogP contribution >= 0.6 is 23.2 Å². The highest BCUT2D eigenvalue weighted by Gasteiger charge is 2.59. The largest absolute Gasteiger partial charge is 0.502 e. The lowest BCUT2D eigenvalue weighted by Gasteiger charge is -2.50. The van der Waals surface area contributed by atoms with Gasteiger partial charge in [-0.1, -0.05) is 171 Å². The van der Waals surface area contributed by atoms with E-state index in [2.05, 4.69) is 64.6 Å². The first-order chi connectivity index (χ1) is 38.9. The molecule has 14 rings (SSSR count). The molecule has 6 aromatic carbocycles. The van der Waals surface area contributed by atoms with Crippen LogP contribution in [0.25, 0.3) is 6.08 Å². The number of pyridine rings is 2. The van der Waals surface area contributed by atoms with E-state index in [-0.39, 0.29) is 77.9 Å². The summed E-state index contributed by atoms with van der Waals surface area (Å²) in [5.41, 5.74) is 8.52. The predicted octanol–water partition coefficient (Wildman–Crippen LogP) is 11.5. The molecular formula is C65H56Cl2F2N6O6. The first-order valence-corrected chi connectivity index (χ1v) is 27.5. The topological polar surface area (TPSA) is 121 Å². The van der Waals surface area contributed by atoms with Crippen molar-refractivity contribution in [2.45, 2.75) is 70.6 Å². The average molecular weight is 1130 g/mol. The Bertz CT molecular complexity index is 4000. The van der Waals surface area contributed by atoms with Gasteiger partial charge in [0.1, 0.15) is 36.0 Å². The molecule has 12 nitrogen and oxygen atoms in total. The maximum absolute atomic E-state index is 15.2. The van der Waals surface area contributed by atoms with Gasteiger partial charge < -0.3 is 19.6 Å². The number of hydrogen-bond acceptors (Lipinski definition) is 8. The number of amides is 2. The number of carbonyl (C=O) groups is 2. The number of fused-ring (bicyclic) bond motifs is 12. The molecule has 1 N–H and O–H groups in total. The summed E-state index contributed by atoms with van der Waals surface area (Å²) in [7, 11) is 0. The summed E-state index contributed by atoms with van der Waals surface area (Å²) in [6.45, 7) is 2.48. The molecule has 410 valence electrons. The van der Waals surface area contributed by atoms with Gasteiger partial charge in [0.05, 0.1) is 29.7 Å². The quantitative estimate of drug-likeness (QED) is 0.134. The molecular weight excluding hydrogens is 1070 g/mol. The zero-order valence-electron chi connectivity index (χ0n) is 43.4. The first-order valence-electron chi connectivity index (χ1n) is 26.7. The van der Waals surface area contributed by atoms with E-state index >= 15 is 4.39 Å². The van der Waals surface area contributed by atoms with Crippen LogP contribution in [-0.4, -0.2) is 56.0 Å². The fraction of sp³-hybridized carbons (Fsp3) is 0.231. The molecule has 6 aliphatic rings. The van der Waals surface area contributed by atoms with Gasteiger partial charge in [-0.05, 0) is 87.9 Å². The van der Waals surface area contributed by atoms with Crippen LogP contribution in [0.4, 0.5) is 8.78 Å². The third kappa shape index (κ3) is 8.11. The molecule has 4 aliphatic carbocycles. The molecule has 0 bridgehead atoms. The minimum atomic E-state index is -0.747. The third-order valence-electron chi connectivity index (χ3n) is 16.8. The fourth-order valence-corrected chi connectivity index (χ4v) is 13.8. The number of ether oxygens (including phenoxy) is 1. The summed E-state index contributed by atoms with van der Waals surface area (Å²) in [5, 5.41) is 15.0. The second kappa shape index (κ2) is 20.6. The number of rotatable bonds is 10. The highest BCUT2D eigenvalue weighted by molar-refractivity contribution is 6.31. The van der Waals surface area contributed by atoms with Crippen LogP contribution in [0.15, 0.2) is 173 Å². The van der Waals surface area contributed by atoms with E-state index in [0.717, 1.165) is 59.9 Å². The number of unbranched alkanes of at least 4 members (excludes halogenated alkanes) is 1. The zero-order chi connectivity index (χ0) is 55.2. The maximum Gasteiger partial charge on any atom is 0.278 e. The molecule has 0 saturated carbocycles. The molecule has 81 heavy (non-hydrogen) atoms. The predicted molar refractivity (Wildman–Crippen MR) is 309 cm³/mol. The van der Waals surface area contributed by atoms with E-state index in [9.17, 15) is 28.7 Å². The molecule has 0 radical (unpaired) electrons. The lowest BCUT2D eigenvalue weighted by atomic mass is 9.81. The SMILES string of the molecule is C.CCCCOc1c2n(ccc1=O)N(C13C(=Cc4ccccc41)Cc1ccccc13)CN(Cc1cccc(Cl)c1F)C2=O.O=C1c2c(O)c(=O)ccn2N(C23c4ccccc4CC2Cc2ccccc23)CN1Cc1cccc(Cl)c1F. The third-order valence-corrected chi connectivity index (χ3v) is 17.4. The van der Waals surface area contributed by atoms with Crippen LogP contribution in [0.2, 0.25) is 10.0 Å². The smallest absolute Gasteiger partial charge is 0.278 e. The molecule has 8 aromatic rings. The average Bonchev–Trinajstić information content (AvgIpc) is 4.40. The van der Waals surface area contributed by atoms with Crippen molar-refractivity contribution >= 4 is 41.1 Å². The summed E-state index contributed by atoms with van der Waals surface area (Å²) in [4.78, 5) is 56.8. The van der Waals surface area contributed by atoms with Gasteiger partial charge in [-0.15, -0.1) is 0 Å². The molecule has 16 heteroatoms. The van der Waals surface area contributed by atoms with Crippen molar-refractivity contribution in [2.24, 2.45) is 5.92 Å². The Balaban J connectivity index is 0.000000160. The van der Waals surface area contributed by atoms with Gasteiger partial charge in [0.25, 0.3) is 11.8 Å². The maximum atomic E-state index is 15.2. The molecule has 0 saturated heterocycles. The van der Waals surface area contributed by atoms with Gasteiger partial charge in [-0.25, -0.2) is 8.78 Å². The van der Waals surface area contributed by atoms with Crippen molar-refractivity contribution in [1.29, 1.82) is 0 Å². The Morgan fingerprint density at radius 1 is 0.605 bits per heavy atom. The second-order valence-corrected chi connectivity index (χ2v) is 21.9. The lowest BCUT2D eigenvalue weighted by Crippen LogP contribution is -2.63. The highest BCUT2D eigenvalue weighted by atomic mass is 35.5. The first kappa shape index (κ1) is 53.2. The van der Waals surface area contributed by atoms with Crippen molar-refractivity contribution in [2.75, 3.05) is 30.0 Å². The van der Waals surface area contributed by atoms with Crippen molar-refractivity contribution in [3.8, 4) is 11.5 Å². The number of carbonyl (C=O) groups excluding carboxylic acids is 2. The van der Waals surface area contributed by atoms with Crippen molar-refractivity contribution < 1.29 is 28.2 Å². The lowest BCUT2D eigenvalue weighted by molar-refractivity contribution is 0.0626. The Hall–Kier alpha value is -8.46. The summed E-state index contributed by atoms with van der Waals surface area (Å²) < 4.78 is 39.5. The Labute approximate surface area is 476 Å². The van der Waals surface area contributed by atoms with E-state index in [4.69, 9.17) is 27.9 Å². The molecule has 2 aliphatic heterocycles. The van der Waals surface area contributed by atoms with Gasteiger partial charge >= 0.3 is 0 Å².